The average molecular weight is 1740 g/mol. The lowest BCUT2D eigenvalue weighted by Crippen LogP contribution is -2.32. The number of aromatic nitrogens is 2. The van der Waals surface area contributed by atoms with E-state index >= 15 is 0 Å². The van der Waals surface area contributed by atoms with Gasteiger partial charge in [0.2, 0.25) is 32.3 Å². The number of aryl methyl sites for hydroxylation is 1. The summed E-state index contributed by atoms with van der Waals surface area (Å²) in [5.74, 6) is -3.16. The van der Waals surface area contributed by atoms with Gasteiger partial charge in [0.1, 0.15) is 17.5 Å². The molecule has 642 valence electrons. The molecule has 117 heavy (non-hydrogen) atoms. The van der Waals surface area contributed by atoms with E-state index in [1.807, 2.05) is 158 Å². The van der Waals surface area contributed by atoms with Crippen LogP contribution in [0.4, 0.5) is 13.2 Å². The van der Waals surface area contributed by atoms with E-state index in [0.29, 0.717) is 63.3 Å². The second-order valence-electron chi connectivity index (χ2n) is 32.3. The monoisotopic (exact) mass is 1730 g/mol. The predicted octanol–water partition coefficient (Wildman–Crippen LogP) is 15.3. The number of aliphatic hydroxyl groups is 1. The molecule has 0 unspecified atom stereocenters. The first kappa shape index (κ1) is 99.5. The van der Waals surface area contributed by atoms with Crippen LogP contribution in [0.25, 0.3) is 0 Å². The molecular weight excluding hydrogens is 1620 g/mol. The third-order valence-corrected chi connectivity index (χ3v) is 26.8. The molecule has 8 aromatic rings. The molecule has 0 aliphatic heterocycles. The molecule has 0 saturated heterocycles. The van der Waals surface area contributed by atoms with Crippen molar-refractivity contribution in [2.45, 2.75) is 235 Å². The Morgan fingerprint density at radius 1 is 0.376 bits per heavy atom. The molecule has 5 N–H and O–H groups in total. The highest BCUT2D eigenvalue weighted by molar-refractivity contribution is 7.92. The molecule has 0 aliphatic carbocycles. The molecular formula is C86H118F3N9O13S6. The summed E-state index contributed by atoms with van der Waals surface area (Å²) in [6.07, 6.45) is 2.76. The molecule has 22 nitrogen and oxygen atoms in total. The van der Waals surface area contributed by atoms with E-state index in [9.17, 15) is 66.0 Å². The summed E-state index contributed by atoms with van der Waals surface area (Å²) in [7, 11) is -4.64. The molecule has 0 aliphatic rings. The van der Waals surface area contributed by atoms with Gasteiger partial charge in [0, 0.05) is 54.8 Å². The van der Waals surface area contributed by atoms with Crippen molar-refractivity contribution >= 4 is 86.4 Å². The van der Waals surface area contributed by atoms with Gasteiger partial charge in [0.15, 0.2) is 0 Å². The number of halogens is 3. The minimum Gasteiger partial charge on any atom is -0.396 e. The summed E-state index contributed by atoms with van der Waals surface area (Å²) >= 11 is 1.94. The summed E-state index contributed by atoms with van der Waals surface area (Å²) in [6, 6.07) is 25.8. The van der Waals surface area contributed by atoms with Crippen molar-refractivity contribution in [3.63, 3.8) is 0 Å². The first-order valence-electron chi connectivity index (χ1n) is 38.7. The number of amides is 4. The van der Waals surface area contributed by atoms with Gasteiger partial charge in [-0.3, -0.25) is 19.2 Å². The maximum Gasteiger partial charge on any atom is 0.291 e. The maximum absolute atomic E-state index is 14.1. The van der Waals surface area contributed by atoms with Gasteiger partial charge in [-0.15, -0.1) is 22.7 Å². The highest BCUT2D eigenvalue weighted by Gasteiger charge is 2.30. The maximum atomic E-state index is 14.1. The van der Waals surface area contributed by atoms with Crippen molar-refractivity contribution < 1.29 is 71.1 Å². The Bertz CT molecular complexity index is 5120. The quantitative estimate of drug-likeness (QED) is 0.0262. The predicted molar refractivity (Wildman–Crippen MR) is 459 cm³/mol. The van der Waals surface area contributed by atoms with Crippen LogP contribution in [0.1, 0.15) is 251 Å². The van der Waals surface area contributed by atoms with Crippen LogP contribution in [-0.4, -0.2) is 136 Å². The van der Waals surface area contributed by atoms with Crippen LogP contribution >= 0.6 is 22.7 Å². The zero-order chi connectivity index (χ0) is 88.3. The first-order chi connectivity index (χ1) is 54.3. The summed E-state index contributed by atoms with van der Waals surface area (Å²) in [4.78, 5) is 65.7. The fraction of sp³-hybridized carbons (Fsp3) is 0.465. The number of aliphatic hydroxyl groups excluding tert-OH is 1. The molecule has 0 fully saturated rings. The molecule has 0 atom stereocenters. The van der Waals surface area contributed by atoms with Crippen molar-refractivity contribution in [2.75, 3.05) is 48.9 Å². The van der Waals surface area contributed by atoms with E-state index in [4.69, 9.17) is 5.11 Å². The molecule has 31 heteroatoms. The van der Waals surface area contributed by atoms with E-state index in [1.54, 1.807) is 36.4 Å². The zero-order valence-corrected chi connectivity index (χ0v) is 76.4. The molecule has 0 saturated carbocycles. The third kappa shape index (κ3) is 30.0. The summed E-state index contributed by atoms with van der Waals surface area (Å²) in [5, 5.41) is 8.94. The van der Waals surface area contributed by atoms with Crippen LogP contribution in [0, 0.1) is 24.4 Å². The van der Waals surface area contributed by atoms with Gasteiger partial charge >= 0.3 is 0 Å². The number of benzene rings is 6. The Balaban J connectivity index is 0.000000278. The molecule has 0 bridgehead atoms. The van der Waals surface area contributed by atoms with Gasteiger partial charge in [0.05, 0.1) is 35.5 Å². The van der Waals surface area contributed by atoms with Gasteiger partial charge in [-0.25, -0.2) is 58.9 Å². The van der Waals surface area contributed by atoms with E-state index < -0.39 is 63.7 Å². The number of nitrogens with one attached hydrogen (secondary N) is 4. The van der Waals surface area contributed by atoms with Crippen molar-refractivity contribution in [3.8, 4) is 0 Å². The molecule has 2 aromatic heterocycles. The smallest absolute Gasteiger partial charge is 0.291 e. The second kappa shape index (κ2) is 43.7. The topological polar surface area (TPSA) is 309 Å². The molecule has 2 heterocycles. The largest absolute Gasteiger partial charge is 0.396 e. The summed E-state index contributed by atoms with van der Waals surface area (Å²) in [5.41, 5.74) is 12.4. The Morgan fingerprint density at radius 3 is 0.966 bits per heavy atom. The van der Waals surface area contributed by atoms with Gasteiger partial charge in [-0.05, 0) is 235 Å². The Hall–Kier alpha value is -8.11. The average Bonchev–Trinajstić information content (AvgIpc) is 1.23. The number of nitrogens with zero attached hydrogens (tertiary/aromatic N) is 5. The van der Waals surface area contributed by atoms with E-state index in [2.05, 4.69) is 64.0 Å². The number of hydrogen-bond donors (Lipinski definition) is 5. The van der Waals surface area contributed by atoms with Crippen molar-refractivity contribution in [3.05, 3.63) is 220 Å². The standard InChI is InChI=1S/C24H34N2O3S.C23H31FN2O3S.C20H28FN3O3S2.C19H25FN2O4S2/c1-16(2)21-12-18(5)13-22(17(3)4)23(21)14-24(27)25-30(28,29)20-10-8-19(9-11-20)15-26(6)7;1-15(2)20-11-18(24)12-21(16(3)4)22(20)13-23(27)25-30(28,29)19-9-7-8-17(10-19)14-26(5)6;1-12(2)16-7-14(21)8-17(13(3)4)18(16)9-19(25)23-29(26,27)20-22-10-15(28-20)11-24(5)6;1-11(2)15-7-13(20)8-16(12(3)4)17(15)9-18(24)22-28(25,26)19-21-10-14(27-19)5-6-23/h8-13,16-17H,14-15H2,1-7H3,(H,25,27);7-12,15-16H,13-14H2,1-6H3,(H,25,27);7-8,10,12-13H,9,11H2,1-6H3,(H,23,25);7-8,10-12,23H,5-6,9H2,1-4H3,(H,22,24). The number of sulfonamides is 4. The van der Waals surface area contributed by atoms with Gasteiger partial charge in [-0.1, -0.05) is 153 Å². The van der Waals surface area contributed by atoms with Crippen molar-refractivity contribution in [1.29, 1.82) is 0 Å². The van der Waals surface area contributed by atoms with Gasteiger partial charge in [-0.2, -0.15) is 16.8 Å². The van der Waals surface area contributed by atoms with Crippen LogP contribution < -0.4 is 18.9 Å². The van der Waals surface area contributed by atoms with Crippen molar-refractivity contribution in [2.24, 2.45) is 0 Å². The SMILES string of the molecule is CC(C)c1cc(F)cc(C(C)C)c1CC(=O)NS(=O)(=O)c1cccc(CN(C)C)c1.CC(C)c1cc(F)cc(C(C)C)c1CC(=O)NS(=O)(=O)c1ncc(CCO)s1.CC(C)c1cc(F)cc(C(C)C)c1CC(=O)NS(=O)(=O)c1ncc(CN(C)C)s1.Cc1cc(C(C)C)c(CC(=O)NS(=O)(=O)c2ccc(CN(C)C)cc2)c(C(C)C)c1. The van der Waals surface area contributed by atoms with Crippen LogP contribution in [0.3, 0.4) is 0 Å². The fourth-order valence-corrected chi connectivity index (χ4v) is 19.7. The molecule has 0 radical (unpaired) electrons. The van der Waals surface area contributed by atoms with Crippen molar-refractivity contribution in [1.82, 2.24) is 43.6 Å². The highest BCUT2D eigenvalue weighted by atomic mass is 32.3. The van der Waals surface area contributed by atoms with E-state index in [1.165, 1.54) is 54.9 Å². The summed E-state index contributed by atoms with van der Waals surface area (Å²) < 4.78 is 151. The number of carbonyl (C=O) groups is 4. The van der Waals surface area contributed by atoms with Gasteiger partial charge in [0.25, 0.3) is 40.1 Å². The van der Waals surface area contributed by atoms with Crippen LogP contribution in [0.15, 0.2) is 128 Å². The normalized spacial score (nSPS) is 12.1. The lowest BCUT2D eigenvalue weighted by Gasteiger charge is -2.21. The molecule has 4 amide bonds. The highest BCUT2D eigenvalue weighted by Crippen LogP contribution is 2.35. The second-order valence-corrected chi connectivity index (χ2v) is 41.6. The number of thiazole rings is 2. The van der Waals surface area contributed by atoms with E-state index in [-0.39, 0.29) is 116 Å². The fourth-order valence-electron chi connectivity index (χ4n) is 13.2. The van der Waals surface area contributed by atoms with E-state index in [0.717, 1.165) is 78.6 Å². The minimum atomic E-state index is -4.10. The zero-order valence-electron chi connectivity index (χ0n) is 71.5. The van der Waals surface area contributed by atoms with Crippen LogP contribution in [0.5, 0.6) is 0 Å². The number of rotatable bonds is 32. The Kier molecular flexibility index (Phi) is 37.2. The number of carbonyl (C=O) groups excluding carboxylic acids is 4. The molecule has 8 rings (SSSR count). The lowest BCUT2D eigenvalue weighted by atomic mass is 9.85. The Labute approximate surface area is 700 Å². The Morgan fingerprint density at radius 2 is 0.658 bits per heavy atom. The van der Waals surface area contributed by atoms with Crippen LogP contribution in [0.2, 0.25) is 0 Å². The van der Waals surface area contributed by atoms with Crippen LogP contribution in [-0.2, 0) is 111 Å². The molecule has 0 spiro atoms. The minimum absolute atomic E-state index is 0.000298. The van der Waals surface area contributed by atoms with Gasteiger partial charge < -0.3 is 19.8 Å². The lowest BCUT2D eigenvalue weighted by molar-refractivity contribution is -0.119. The summed E-state index contributed by atoms with van der Waals surface area (Å²) in [6.45, 7) is 35.1. The third-order valence-electron chi connectivity index (χ3n) is 18.4. The number of hydrogen-bond acceptors (Lipinski definition) is 20. The first-order valence-corrected chi connectivity index (χ1v) is 46.3. The molecule has 6 aromatic carbocycles.